The standard InChI is InChI=1S/C25H33N3O3S/c1-20-9-7-12-24(21(20)2)26-15-17-27(18-16-26)25(29)22-10-8-11-23(19-22)32(30,31)28-13-5-3-4-6-14-28/h7-12,19H,3-6,13-18H2,1-2H3. The van der Waals surface area contributed by atoms with E-state index in [0.717, 1.165) is 38.8 Å². The third kappa shape index (κ3) is 4.69. The fraction of sp³-hybridized carbons (Fsp3) is 0.480. The highest BCUT2D eigenvalue weighted by molar-refractivity contribution is 7.89. The molecular formula is C25H33N3O3S. The van der Waals surface area contributed by atoms with Crippen molar-refractivity contribution in [2.45, 2.75) is 44.4 Å². The van der Waals surface area contributed by atoms with Gasteiger partial charge in [-0.3, -0.25) is 4.79 Å². The Morgan fingerprint density at radius 2 is 1.47 bits per heavy atom. The van der Waals surface area contributed by atoms with Crippen molar-refractivity contribution in [1.82, 2.24) is 9.21 Å². The van der Waals surface area contributed by atoms with Crippen molar-refractivity contribution in [2.24, 2.45) is 0 Å². The second-order valence-corrected chi connectivity index (χ2v) is 10.8. The number of carbonyl (C=O) groups is 1. The molecule has 2 heterocycles. The summed E-state index contributed by atoms with van der Waals surface area (Å²) in [4.78, 5) is 17.6. The molecule has 1 amide bonds. The molecular weight excluding hydrogens is 422 g/mol. The number of piperazine rings is 1. The zero-order valence-corrected chi connectivity index (χ0v) is 19.9. The van der Waals surface area contributed by atoms with E-state index in [0.29, 0.717) is 31.7 Å². The summed E-state index contributed by atoms with van der Waals surface area (Å²) in [5.74, 6) is -0.0986. The summed E-state index contributed by atoms with van der Waals surface area (Å²) in [6.07, 6.45) is 3.92. The Bertz CT molecular complexity index is 1070. The molecule has 0 unspecified atom stereocenters. The number of benzene rings is 2. The summed E-state index contributed by atoms with van der Waals surface area (Å²) in [6, 6.07) is 12.9. The lowest BCUT2D eigenvalue weighted by Gasteiger charge is -2.37. The van der Waals surface area contributed by atoms with Gasteiger partial charge in [-0.2, -0.15) is 4.31 Å². The minimum Gasteiger partial charge on any atom is -0.368 e. The molecule has 2 aromatic rings. The van der Waals surface area contributed by atoms with Crippen molar-refractivity contribution in [1.29, 1.82) is 0 Å². The van der Waals surface area contributed by atoms with Gasteiger partial charge in [0.05, 0.1) is 4.90 Å². The number of hydrogen-bond donors (Lipinski definition) is 0. The van der Waals surface area contributed by atoms with Crippen LogP contribution in [0.1, 0.15) is 47.2 Å². The maximum Gasteiger partial charge on any atom is 0.254 e. The van der Waals surface area contributed by atoms with E-state index < -0.39 is 10.0 Å². The number of carbonyl (C=O) groups excluding carboxylic acids is 1. The van der Waals surface area contributed by atoms with Crippen molar-refractivity contribution in [2.75, 3.05) is 44.2 Å². The van der Waals surface area contributed by atoms with E-state index >= 15 is 0 Å². The third-order valence-electron chi connectivity index (χ3n) is 6.77. The van der Waals surface area contributed by atoms with E-state index in [1.165, 1.54) is 16.8 Å². The van der Waals surface area contributed by atoms with Crippen molar-refractivity contribution in [3.05, 3.63) is 59.2 Å². The van der Waals surface area contributed by atoms with Crippen LogP contribution in [0.25, 0.3) is 0 Å². The number of amides is 1. The normalized spacial score (nSPS) is 18.4. The van der Waals surface area contributed by atoms with Crippen LogP contribution in [0.2, 0.25) is 0 Å². The summed E-state index contributed by atoms with van der Waals surface area (Å²) in [5, 5.41) is 0. The highest BCUT2D eigenvalue weighted by Crippen LogP contribution is 2.25. The molecule has 0 bridgehead atoms. The molecule has 172 valence electrons. The zero-order valence-electron chi connectivity index (χ0n) is 19.1. The molecule has 2 aromatic carbocycles. The number of anilines is 1. The van der Waals surface area contributed by atoms with Gasteiger partial charge in [0.25, 0.3) is 5.91 Å². The number of rotatable bonds is 4. The van der Waals surface area contributed by atoms with Crippen LogP contribution < -0.4 is 4.90 Å². The monoisotopic (exact) mass is 455 g/mol. The predicted octanol–water partition coefficient (Wildman–Crippen LogP) is 3.83. The Balaban J connectivity index is 1.46. The van der Waals surface area contributed by atoms with E-state index in [-0.39, 0.29) is 10.8 Å². The van der Waals surface area contributed by atoms with Gasteiger partial charge in [-0.25, -0.2) is 8.42 Å². The fourth-order valence-corrected chi connectivity index (χ4v) is 6.20. The van der Waals surface area contributed by atoms with Gasteiger partial charge in [-0.15, -0.1) is 0 Å². The number of nitrogens with zero attached hydrogens (tertiary/aromatic N) is 3. The van der Waals surface area contributed by atoms with Crippen molar-refractivity contribution in [3.8, 4) is 0 Å². The van der Waals surface area contributed by atoms with Crippen LogP contribution in [0.5, 0.6) is 0 Å². The molecule has 0 N–H and O–H groups in total. The Kier molecular flexibility index (Phi) is 6.86. The second-order valence-electron chi connectivity index (χ2n) is 8.84. The minimum atomic E-state index is -3.57. The fourth-order valence-electron chi connectivity index (χ4n) is 4.63. The lowest BCUT2D eigenvalue weighted by molar-refractivity contribution is 0.0746. The maximum atomic E-state index is 13.2. The summed E-state index contributed by atoms with van der Waals surface area (Å²) in [7, 11) is -3.57. The number of hydrogen-bond acceptors (Lipinski definition) is 4. The van der Waals surface area contributed by atoms with Gasteiger partial charge in [0, 0.05) is 50.5 Å². The highest BCUT2D eigenvalue weighted by atomic mass is 32.2. The quantitative estimate of drug-likeness (QED) is 0.703. The third-order valence-corrected chi connectivity index (χ3v) is 8.66. The van der Waals surface area contributed by atoms with E-state index in [1.807, 2.05) is 4.90 Å². The van der Waals surface area contributed by atoms with Gasteiger partial charge < -0.3 is 9.80 Å². The van der Waals surface area contributed by atoms with Crippen LogP contribution in [0.3, 0.4) is 0 Å². The Labute approximate surface area is 191 Å². The van der Waals surface area contributed by atoms with Gasteiger partial charge in [-0.1, -0.05) is 31.0 Å². The number of aryl methyl sites for hydroxylation is 1. The van der Waals surface area contributed by atoms with Gasteiger partial charge in [0.2, 0.25) is 10.0 Å². The SMILES string of the molecule is Cc1cccc(N2CCN(C(=O)c3cccc(S(=O)(=O)N4CCCCCC4)c3)CC2)c1C. The summed E-state index contributed by atoms with van der Waals surface area (Å²) >= 11 is 0. The predicted molar refractivity (Wildman–Crippen MR) is 128 cm³/mol. The molecule has 2 fully saturated rings. The Morgan fingerprint density at radius 3 is 2.16 bits per heavy atom. The molecule has 7 heteroatoms. The molecule has 2 aliphatic heterocycles. The lowest BCUT2D eigenvalue weighted by Crippen LogP contribution is -2.49. The molecule has 0 atom stereocenters. The van der Waals surface area contributed by atoms with Crippen molar-refractivity contribution >= 4 is 21.6 Å². The minimum absolute atomic E-state index is 0.0986. The molecule has 6 nitrogen and oxygen atoms in total. The first-order valence-corrected chi connectivity index (χ1v) is 13.0. The van der Waals surface area contributed by atoms with E-state index in [4.69, 9.17) is 0 Å². The van der Waals surface area contributed by atoms with Crippen LogP contribution in [-0.4, -0.2) is 62.8 Å². The molecule has 0 aromatic heterocycles. The average Bonchev–Trinajstić information content (AvgIpc) is 3.11. The maximum absolute atomic E-state index is 13.2. The largest absolute Gasteiger partial charge is 0.368 e. The van der Waals surface area contributed by atoms with Crippen molar-refractivity contribution in [3.63, 3.8) is 0 Å². The van der Waals surface area contributed by atoms with Gasteiger partial charge >= 0.3 is 0 Å². The van der Waals surface area contributed by atoms with Gasteiger partial charge in [0.15, 0.2) is 0 Å². The first-order chi connectivity index (χ1) is 15.4. The molecule has 2 aliphatic rings. The first kappa shape index (κ1) is 22.8. The zero-order chi connectivity index (χ0) is 22.7. The highest BCUT2D eigenvalue weighted by Gasteiger charge is 2.28. The number of sulfonamides is 1. The van der Waals surface area contributed by atoms with Crippen LogP contribution in [0, 0.1) is 13.8 Å². The summed E-state index contributed by atoms with van der Waals surface area (Å²) in [5.41, 5.74) is 4.21. The Hall–Kier alpha value is -2.38. The Morgan fingerprint density at radius 1 is 0.812 bits per heavy atom. The summed E-state index contributed by atoms with van der Waals surface area (Å²) in [6.45, 7) is 8.14. The molecule has 0 spiro atoms. The molecule has 4 rings (SSSR count). The molecule has 32 heavy (non-hydrogen) atoms. The second kappa shape index (κ2) is 9.63. The van der Waals surface area contributed by atoms with E-state index in [2.05, 4.69) is 36.9 Å². The lowest BCUT2D eigenvalue weighted by atomic mass is 10.1. The molecule has 0 saturated carbocycles. The van der Waals surface area contributed by atoms with Crippen molar-refractivity contribution < 1.29 is 13.2 Å². The van der Waals surface area contributed by atoms with Crippen LogP contribution in [0.4, 0.5) is 5.69 Å². The average molecular weight is 456 g/mol. The molecule has 0 radical (unpaired) electrons. The molecule has 2 saturated heterocycles. The first-order valence-electron chi connectivity index (χ1n) is 11.6. The van der Waals surface area contributed by atoms with Crippen LogP contribution in [-0.2, 0) is 10.0 Å². The smallest absolute Gasteiger partial charge is 0.254 e. The summed E-state index contributed by atoms with van der Waals surface area (Å²) < 4.78 is 27.9. The topological polar surface area (TPSA) is 60.9 Å². The van der Waals surface area contributed by atoms with Gasteiger partial charge in [0.1, 0.15) is 0 Å². The van der Waals surface area contributed by atoms with Gasteiger partial charge in [-0.05, 0) is 62.1 Å². The van der Waals surface area contributed by atoms with Crippen LogP contribution >= 0.6 is 0 Å². The molecule has 0 aliphatic carbocycles. The van der Waals surface area contributed by atoms with Crippen LogP contribution in [0.15, 0.2) is 47.4 Å². The van der Waals surface area contributed by atoms with E-state index in [1.54, 1.807) is 28.6 Å². The van der Waals surface area contributed by atoms with E-state index in [9.17, 15) is 13.2 Å².